The van der Waals surface area contributed by atoms with Crippen LogP contribution in [0.15, 0.2) is 29.6 Å². The number of aryl methyl sites for hydroxylation is 1. The maximum Gasteiger partial charge on any atom is 0.417 e. The minimum absolute atomic E-state index is 0.0243. The number of rotatable bonds is 10. The standard InChI is InChI=1S/C26H31ClF3NO6S/c1-6-35-21(32)25(22(33)36-7-2,23(34)37-24(3,4)5)19(31)11-10-15-8-9-16(14-18(15)27)20-17(12-13-38-20)26(28,29)30/h8-9,12-14,19H,6-7,10-11,31H2,1-5H3. The number of nitrogens with two attached hydrogens (primary N) is 1. The third-order valence-corrected chi connectivity index (χ3v) is 6.80. The first kappa shape index (κ1) is 31.6. The second-order valence-corrected chi connectivity index (χ2v) is 10.7. The van der Waals surface area contributed by atoms with Gasteiger partial charge in [-0.2, -0.15) is 13.2 Å². The van der Waals surface area contributed by atoms with Gasteiger partial charge in [-0.05, 0) is 76.1 Å². The number of hydrogen-bond acceptors (Lipinski definition) is 8. The summed E-state index contributed by atoms with van der Waals surface area (Å²) in [5.74, 6) is -3.59. The van der Waals surface area contributed by atoms with Crippen molar-refractivity contribution in [2.45, 2.75) is 65.3 Å². The highest BCUT2D eigenvalue weighted by molar-refractivity contribution is 7.13. The zero-order chi connectivity index (χ0) is 28.9. The highest BCUT2D eigenvalue weighted by atomic mass is 35.5. The van der Waals surface area contributed by atoms with Crippen molar-refractivity contribution < 1.29 is 41.8 Å². The van der Waals surface area contributed by atoms with Crippen LogP contribution in [0.4, 0.5) is 13.2 Å². The Hall–Kier alpha value is -2.63. The molecule has 0 aliphatic heterocycles. The minimum atomic E-state index is -4.52. The van der Waals surface area contributed by atoms with Crippen LogP contribution in [0.1, 0.15) is 52.2 Å². The van der Waals surface area contributed by atoms with Gasteiger partial charge in [0.25, 0.3) is 5.41 Å². The van der Waals surface area contributed by atoms with Gasteiger partial charge in [0.05, 0.1) is 18.8 Å². The summed E-state index contributed by atoms with van der Waals surface area (Å²) < 4.78 is 55.5. The molecule has 1 aromatic carbocycles. The van der Waals surface area contributed by atoms with Crippen LogP contribution < -0.4 is 5.73 Å². The van der Waals surface area contributed by atoms with E-state index >= 15 is 0 Å². The molecule has 12 heteroatoms. The molecule has 0 saturated carbocycles. The Morgan fingerprint density at radius 2 is 1.58 bits per heavy atom. The van der Waals surface area contributed by atoms with Crippen LogP contribution in [-0.2, 0) is 41.2 Å². The van der Waals surface area contributed by atoms with Gasteiger partial charge < -0.3 is 19.9 Å². The SMILES string of the molecule is CCOC(=O)C(C(=O)OCC)(C(=O)OC(C)(C)C)C(N)CCc1ccc(-c2sccc2C(F)(F)F)cc1Cl. The first-order valence-corrected chi connectivity index (χ1v) is 13.1. The summed E-state index contributed by atoms with van der Waals surface area (Å²) >= 11 is 7.33. The lowest BCUT2D eigenvalue weighted by atomic mass is 9.77. The molecule has 7 nitrogen and oxygen atoms in total. The van der Waals surface area contributed by atoms with Crippen molar-refractivity contribution in [1.82, 2.24) is 0 Å². The number of halogens is 4. The highest BCUT2D eigenvalue weighted by Gasteiger charge is 2.62. The van der Waals surface area contributed by atoms with E-state index in [4.69, 9.17) is 31.5 Å². The quantitative estimate of drug-likeness (QED) is 0.216. The minimum Gasteiger partial charge on any atom is -0.465 e. The molecule has 1 atom stereocenters. The molecule has 0 amide bonds. The Bertz CT molecular complexity index is 1140. The van der Waals surface area contributed by atoms with E-state index in [1.807, 2.05) is 0 Å². The molecule has 0 radical (unpaired) electrons. The molecule has 0 spiro atoms. The van der Waals surface area contributed by atoms with E-state index in [-0.39, 0.29) is 41.5 Å². The fourth-order valence-corrected chi connectivity index (χ4v) is 4.92. The monoisotopic (exact) mass is 577 g/mol. The molecule has 0 aliphatic rings. The molecule has 2 N–H and O–H groups in total. The van der Waals surface area contributed by atoms with Gasteiger partial charge in [-0.25, -0.2) is 0 Å². The van der Waals surface area contributed by atoms with E-state index in [0.29, 0.717) is 5.56 Å². The van der Waals surface area contributed by atoms with Gasteiger partial charge in [0.15, 0.2) is 0 Å². The second kappa shape index (κ2) is 12.5. The Balaban J connectivity index is 2.41. The normalized spacial score (nSPS) is 13.1. The molecule has 0 aliphatic carbocycles. The predicted octanol–water partition coefficient (Wildman–Crippen LogP) is 5.80. The zero-order valence-electron chi connectivity index (χ0n) is 21.7. The number of carbonyl (C=O) groups excluding carboxylic acids is 3. The second-order valence-electron chi connectivity index (χ2n) is 9.36. The zero-order valence-corrected chi connectivity index (χ0v) is 23.3. The molecular weight excluding hydrogens is 547 g/mol. The summed E-state index contributed by atoms with van der Waals surface area (Å²) in [6.45, 7) is 7.45. The number of esters is 3. The lowest BCUT2D eigenvalue weighted by Gasteiger charge is -2.34. The fraction of sp³-hybridized carbons (Fsp3) is 0.500. The van der Waals surface area contributed by atoms with Crippen molar-refractivity contribution in [1.29, 1.82) is 0 Å². The van der Waals surface area contributed by atoms with Crippen molar-refractivity contribution in [3.63, 3.8) is 0 Å². The Kier molecular flexibility index (Phi) is 10.4. The summed E-state index contributed by atoms with van der Waals surface area (Å²) in [5, 5.41) is 1.51. The van der Waals surface area contributed by atoms with Gasteiger partial charge in [-0.3, -0.25) is 14.4 Å². The number of hydrogen-bond donors (Lipinski definition) is 1. The van der Waals surface area contributed by atoms with E-state index in [2.05, 4.69) is 0 Å². The van der Waals surface area contributed by atoms with Crippen LogP contribution in [0, 0.1) is 5.41 Å². The molecule has 38 heavy (non-hydrogen) atoms. The highest BCUT2D eigenvalue weighted by Crippen LogP contribution is 2.41. The number of thiophene rings is 1. The Morgan fingerprint density at radius 3 is 2.05 bits per heavy atom. The van der Waals surface area contributed by atoms with Gasteiger partial charge in [-0.15, -0.1) is 11.3 Å². The van der Waals surface area contributed by atoms with Crippen LogP contribution in [-0.4, -0.2) is 42.8 Å². The van der Waals surface area contributed by atoms with Crippen LogP contribution in [0.2, 0.25) is 5.02 Å². The lowest BCUT2D eigenvalue weighted by molar-refractivity contribution is -0.191. The first-order chi connectivity index (χ1) is 17.6. The average molecular weight is 578 g/mol. The number of ether oxygens (including phenoxy) is 3. The van der Waals surface area contributed by atoms with Crippen molar-refractivity contribution in [2.24, 2.45) is 11.1 Å². The predicted molar refractivity (Wildman–Crippen MR) is 138 cm³/mol. The Labute approximate surface area is 228 Å². The summed E-state index contributed by atoms with van der Waals surface area (Å²) in [6, 6.07) is 4.00. The van der Waals surface area contributed by atoms with Crippen LogP contribution in [0.3, 0.4) is 0 Å². The molecule has 2 rings (SSSR count). The summed E-state index contributed by atoms with van der Waals surface area (Å²) in [5.41, 5.74) is 2.69. The smallest absolute Gasteiger partial charge is 0.417 e. The molecular formula is C26H31ClF3NO6S. The van der Waals surface area contributed by atoms with Crippen molar-refractivity contribution in [3.05, 3.63) is 45.8 Å². The maximum absolute atomic E-state index is 13.3. The molecule has 1 aromatic heterocycles. The van der Waals surface area contributed by atoms with Gasteiger partial charge in [-0.1, -0.05) is 23.7 Å². The number of carbonyl (C=O) groups is 3. The van der Waals surface area contributed by atoms with E-state index in [1.165, 1.54) is 37.4 Å². The third kappa shape index (κ3) is 7.06. The molecule has 210 valence electrons. The van der Waals surface area contributed by atoms with Crippen molar-refractivity contribution in [2.75, 3.05) is 13.2 Å². The van der Waals surface area contributed by atoms with E-state index in [9.17, 15) is 27.6 Å². The van der Waals surface area contributed by atoms with E-state index < -0.39 is 46.7 Å². The van der Waals surface area contributed by atoms with Crippen LogP contribution in [0.25, 0.3) is 10.4 Å². The molecule has 1 unspecified atom stereocenters. The summed E-state index contributed by atoms with van der Waals surface area (Å²) in [4.78, 5) is 39.5. The van der Waals surface area contributed by atoms with Gasteiger partial charge in [0.2, 0.25) is 0 Å². The largest absolute Gasteiger partial charge is 0.465 e. The summed E-state index contributed by atoms with van der Waals surface area (Å²) in [6.07, 6.45) is -4.54. The van der Waals surface area contributed by atoms with Gasteiger partial charge in [0, 0.05) is 15.9 Å². The van der Waals surface area contributed by atoms with Gasteiger partial charge >= 0.3 is 24.1 Å². The fourth-order valence-electron chi connectivity index (χ4n) is 3.73. The maximum atomic E-state index is 13.3. The molecule has 0 saturated heterocycles. The van der Waals surface area contributed by atoms with Crippen molar-refractivity contribution in [3.8, 4) is 10.4 Å². The molecule has 2 aromatic rings. The summed E-state index contributed by atoms with van der Waals surface area (Å²) in [7, 11) is 0. The van der Waals surface area contributed by atoms with Gasteiger partial charge in [0.1, 0.15) is 5.60 Å². The molecule has 1 heterocycles. The van der Waals surface area contributed by atoms with E-state index in [1.54, 1.807) is 20.8 Å². The average Bonchev–Trinajstić information content (AvgIpc) is 3.28. The Morgan fingerprint density at radius 1 is 1.00 bits per heavy atom. The number of alkyl halides is 3. The van der Waals surface area contributed by atoms with E-state index in [0.717, 1.165) is 17.4 Å². The lowest BCUT2D eigenvalue weighted by Crippen LogP contribution is -2.61. The molecule has 0 bridgehead atoms. The molecule has 0 fully saturated rings. The third-order valence-electron chi connectivity index (χ3n) is 5.48. The van der Waals surface area contributed by atoms with Crippen molar-refractivity contribution >= 4 is 40.8 Å². The van der Waals surface area contributed by atoms with Crippen LogP contribution >= 0.6 is 22.9 Å². The van der Waals surface area contributed by atoms with Crippen LogP contribution in [0.5, 0.6) is 0 Å². The first-order valence-electron chi connectivity index (χ1n) is 11.9. The topological polar surface area (TPSA) is 105 Å². The number of benzene rings is 1.